The van der Waals surface area contributed by atoms with Crippen molar-refractivity contribution >= 4 is 15.8 Å². The Bertz CT molecular complexity index is 1320. The third kappa shape index (κ3) is 8.72. The Labute approximate surface area is 256 Å². The molecule has 5 aromatic carbocycles. The van der Waals surface area contributed by atoms with Crippen LogP contribution in [0.15, 0.2) is 109 Å². The molecule has 38 heavy (non-hydrogen) atoms. The molecule has 0 aliphatic heterocycles. The molecule has 1 aliphatic carbocycles. The van der Waals surface area contributed by atoms with Gasteiger partial charge >= 0.3 is 113 Å². The summed E-state index contributed by atoms with van der Waals surface area (Å²) in [5.74, 6) is 0. The first-order chi connectivity index (χ1) is 17.4. The van der Waals surface area contributed by atoms with E-state index in [1.807, 2.05) is 30.3 Å². The minimum Gasteiger partial charge on any atom is -1.00 e. The van der Waals surface area contributed by atoms with E-state index in [1.165, 1.54) is 54.9 Å². The normalized spacial score (nSPS) is 10.3. The summed E-state index contributed by atoms with van der Waals surface area (Å²) in [5, 5.41) is 3.05. The van der Waals surface area contributed by atoms with Crippen LogP contribution >= 0.6 is 0 Å². The van der Waals surface area contributed by atoms with Crippen LogP contribution in [-0.2, 0) is 29.8 Å². The van der Waals surface area contributed by atoms with Gasteiger partial charge in [-0.1, -0.05) is 36.2 Å². The quantitative estimate of drug-likeness (QED) is 0.198. The molecule has 0 unspecified atom stereocenters. The van der Waals surface area contributed by atoms with Crippen LogP contribution in [0.2, 0.25) is 0 Å². The third-order valence-electron chi connectivity index (χ3n) is 6.33. The first-order valence-corrected chi connectivity index (χ1v) is 17.6. The van der Waals surface area contributed by atoms with Crippen molar-refractivity contribution in [3.05, 3.63) is 149 Å². The Hall–Kier alpha value is -2.09. The topological polar surface area (TPSA) is 0 Å². The molecule has 0 N–H and O–H groups in total. The largest absolute Gasteiger partial charge is 1.00 e. The van der Waals surface area contributed by atoms with Gasteiger partial charge in [-0.05, 0) is 18.9 Å². The zero-order valence-corrected chi connectivity index (χ0v) is 27.3. The molecular formula is C34H32Cl2SiZr-2. The average molecular weight is 631 g/mol. The maximum absolute atomic E-state index is 3.45. The summed E-state index contributed by atoms with van der Waals surface area (Å²) in [5.41, 5.74) is 10.4. The van der Waals surface area contributed by atoms with E-state index in [0.717, 1.165) is 6.42 Å². The average Bonchev–Trinajstić information content (AvgIpc) is 3.56. The van der Waals surface area contributed by atoms with Crippen LogP contribution in [0, 0.1) is 33.8 Å². The molecule has 0 fully saturated rings. The molecule has 0 saturated heterocycles. The van der Waals surface area contributed by atoms with Gasteiger partial charge < -0.3 is 24.8 Å². The number of hydrogen-bond donors (Lipinski definition) is 0. The van der Waals surface area contributed by atoms with E-state index in [4.69, 9.17) is 0 Å². The van der Waals surface area contributed by atoms with Crippen molar-refractivity contribution in [1.29, 1.82) is 0 Å². The number of fused-ring (bicyclic) bond motifs is 3. The van der Waals surface area contributed by atoms with E-state index >= 15 is 0 Å². The van der Waals surface area contributed by atoms with Crippen molar-refractivity contribution in [3.63, 3.8) is 0 Å². The Balaban J connectivity index is 0.000000216. The summed E-state index contributed by atoms with van der Waals surface area (Å²) in [6.45, 7) is 8.54. The predicted molar refractivity (Wildman–Crippen MR) is 152 cm³/mol. The fourth-order valence-corrected chi connectivity index (χ4v) is 8.09. The molecule has 6 rings (SSSR count). The molecule has 0 saturated carbocycles. The molecule has 0 heterocycles. The Morgan fingerprint density at radius 1 is 0.658 bits per heavy atom. The smallest absolute Gasteiger partial charge is 0.172 e. The van der Waals surface area contributed by atoms with Gasteiger partial charge in [-0.3, -0.25) is 0 Å². The van der Waals surface area contributed by atoms with Gasteiger partial charge in [0.15, 0.2) is 0 Å². The summed E-state index contributed by atoms with van der Waals surface area (Å²) >= 11 is 1.65. The molecule has 0 aromatic heterocycles. The van der Waals surface area contributed by atoms with Gasteiger partial charge in [0.2, 0.25) is 0 Å². The molecule has 5 aromatic rings. The van der Waals surface area contributed by atoms with E-state index in [1.54, 1.807) is 23.3 Å². The van der Waals surface area contributed by atoms with Gasteiger partial charge in [0.05, 0.1) is 0 Å². The van der Waals surface area contributed by atoms with Gasteiger partial charge in [0.1, 0.15) is 0 Å². The molecular weight excluding hydrogens is 599 g/mol. The summed E-state index contributed by atoms with van der Waals surface area (Å²) in [6, 6.07) is 42.6. The molecule has 192 valence electrons. The van der Waals surface area contributed by atoms with E-state index in [2.05, 4.69) is 113 Å². The van der Waals surface area contributed by atoms with Crippen LogP contribution in [0.25, 0.3) is 11.1 Å². The second kappa shape index (κ2) is 15.5. The molecule has 0 spiro atoms. The molecule has 0 radical (unpaired) electrons. The summed E-state index contributed by atoms with van der Waals surface area (Å²) in [6.07, 6.45) is 1.05. The zero-order valence-electron chi connectivity index (χ0n) is 22.4. The molecule has 1 aliphatic rings. The first-order valence-electron chi connectivity index (χ1n) is 12.4. The number of rotatable bonds is 2. The van der Waals surface area contributed by atoms with E-state index < -0.39 is 5.43 Å². The molecule has 0 bridgehead atoms. The molecule has 0 atom stereocenters. The van der Waals surface area contributed by atoms with E-state index in [9.17, 15) is 0 Å². The zero-order chi connectivity index (χ0) is 25.5. The maximum Gasteiger partial charge on any atom is -0.172 e. The Morgan fingerprint density at radius 3 is 1.66 bits per heavy atom. The second-order valence-electron chi connectivity index (χ2n) is 9.44. The Morgan fingerprint density at radius 2 is 1.16 bits per heavy atom. The summed E-state index contributed by atoms with van der Waals surface area (Å²) in [4.78, 5) is 0. The van der Waals surface area contributed by atoms with Crippen molar-refractivity contribution in [2.75, 3.05) is 0 Å². The Kier molecular flexibility index (Phi) is 13.1. The molecule has 4 heteroatoms. The molecule has 0 amide bonds. The second-order valence-corrected chi connectivity index (χ2v) is 15.0. The van der Waals surface area contributed by atoms with Crippen LogP contribution in [0.1, 0.15) is 33.4 Å². The van der Waals surface area contributed by atoms with E-state index in [-0.39, 0.29) is 24.8 Å². The maximum atomic E-state index is 3.45. The third-order valence-corrected chi connectivity index (χ3v) is 12.4. The minimum atomic E-state index is -0.488. The van der Waals surface area contributed by atoms with Crippen molar-refractivity contribution in [3.8, 4) is 11.1 Å². The fraction of sp³-hybridized carbons (Fsp3) is 0.147. The summed E-state index contributed by atoms with van der Waals surface area (Å²) in [7, 11) is 0. The SMILES string of the molecule is Cc1[c-]c2c(cc1)-c1ccc(C)cc1C2.Cc1ccc([Si](=[Zr+2])c2ccc(C)cc2)cc1.[Cl-].[Cl-].c1cc[cH-]c1. The van der Waals surface area contributed by atoms with Crippen LogP contribution in [-0.4, -0.2) is 5.43 Å². The molecule has 0 nitrogen and oxygen atoms in total. The minimum absolute atomic E-state index is 0. The monoisotopic (exact) mass is 628 g/mol. The van der Waals surface area contributed by atoms with Gasteiger partial charge in [0, 0.05) is 0 Å². The number of aryl methyl sites for hydroxylation is 4. The van der Waals surface area contributed by atoms with Gasteiger partial charge in [0.25, 0.3) is 0 Å². The fourth-order valence-electron chi connectivity index (χ4n) is 4.30. The van der Waals surface area contributed by atoms with Crippen LogP contribution in [0.3, 0.4) is 0 Å². The predicted octanol–water partition coefficient (Wildman–Crippen LogP) is 1.04. The van der Waals surface area contributed by atoms with Crippen LogP contribution < -0.4 is 35.2 Å². The number of halogens is 2. The van der Waals surface area contributed by atoms with Crippen molar-refractivity contribution in [1.82, 2.24) is 0 Å². The van der Waals surface area contributed by atoms with Crippen molar-refractivity contribution in [2.24, 2.45) is 0 Å². The van der Waals surface area contributed by atoms with Gasteiger partial charge in [-0.2, -0.15) is 42.0 Å². The van der Waals surface area contributed by atoms with Gasteiger partial charge in [-0.15, -0.1) is 11.1 Å². The van der Waals surface area contributed by atoms with Gasteiger partial charge in [-0.25, -0.2) is 12.1 Å². The number of hydrogen-bond acceptors (Lipinski definition) is 0. The van der Waals surface area contributed by atoms with Crippen molar-refractivity contribution in [2.45, 2.75) is 34.1 Å². The van der Waals surface area contributed by atoms with Crippen LogP contribution in [0.4, 0.5) is 0 Å². The standard InChI is InChI=1S/C15H13.C14H14Si.C5H5.2ClH.Zr/c1-10-3-5-14-12(7-10)9-13-8-11(2)4-6-15(13)14;1-11-3-7-13(8-4-11)15-14-9-5-12(2)6-10-14;1-2-4-5-3-1;;;/h3-7H,9H2,1-2H3;3-10H,1-2H3;1-5H;2*1H;/q-1;;-1;;;+2/p-2. The first kappa shape index (κ1) is 32.1. The van der Waals surface area contributed by atoms with Crippen molar-refractivity contribution < 1.29 is 48.1 Å². The van der Waals surface area contributed by atoms with Crippen LogP contribution in [0.5, 0.6) is 0 Å². The van der Waals surface area contributed by atoms with E-state index in [0.29, 0.717) is 0 Å². The number of benzene rings is 4. The summed E-state index contributed by atoms with van der Waals surface area (Å²) < 4.78 is 0.